The molecule has 2 aromatic rings. The van der Waals surface area contributed by atoms with Gasteiger partial charge in [0.1, 0.15) is 5.82 Å². The Morgan fingerprint density at radius 2 is 1.95 bits per heavy atom. The highest BCUT2D eigenvalue weighted by Gasteiger charge is 2.19. The highest BCUT2D eigenvalue weighted by atomic mass is 32.2. The molecule has 8 heteroatoms. The quantitative estimate of drug-likeness (QED) is 0.671. The SMILES string of the molecule is Cc1cc(F)c(N)cc1S(=O)(=O)Nc1ccc(F)nc1. The first-order valence-corrected chi connectivity index (χ1v) is 6.98. The van der Waals surface area contributed by atoms with E-state index in [0.29, 0.717) is 0 Å². The molecule has 0 aliphatic rings. The van der Waals surface area contributed by atoms with Crippen molar-refractivity contribution in [1.29, 1.82) is 0 Å². The van der Waals surface area contributed by atoms with Crippen LogP contribution in [0.4, 0.5) is 20.2 Å². The van der Waals surface area contributed by atoms with Crippen molar-refractivity contribution in [3.63, 3.8) is 0 Å². The third-order valence-electron chi connectivity index (χ3n) is 2.56. The number of nitrogens with two attached hydrogens (primary N) is 1. The summed E-state index contributed by atoms with van der Waals surface area (Å²) in [7, 11) is -3.96. The molecular formula is C12H11F2N3O2S. The molecular weight excluding hydrogens is 288 g/mol. The molecule has 5 nitrogen and oxygen atoms in total. The van der Waals surface area contributed by atoms with E-state index in [4.69, 9.17) is 5.73 Å². The van der Waals surface area contributed by atoms with Gasteiger partial charge in [-0.3, -0.25) is 4.72 Å². The molecule has 0 fully saturated rings. The normalized spacial score (nSPS) is 11.3. The van der Waals surface area contributed by atoms with Gasteiger partial charge in [0.2, 0.25) is 5.95 Å². The molecule has 1 aromatic heterocycles. The van der Waals surface area contributed by atoms with Gasteiger partial charge in [0, 0.05) is 0 Å². The second-order valence-electron chi connectivity index (χ2n) is 4.11. The number of aromatic nitrogens is 1. The average molecular weight is 299 g/mol. The number of pyridine rings is 1. The molecule has 0 saturated heterocycles. The molecule has 20 heavy (non-hydrogen) atoms. The van der Waals surface area contributed by atoms with Crippen molar-refractivity contribution in [1.82, 2.24) is 4.98 Å². The molecule has 2 rings (SSSR count). The Balaban J connectivity index is 2.40. The first-order valence-electron chi connectivity index (χ1n) is 5.49. The zero-order valence-electron chi connectivity index (χ0n) is 10.4. The summed E-state index contributed by atoms with van der Waals surface area (Å²) in [5.74, 6) is -1.42. The van der Waals surface area contributed by atoms with Gasteiger partial charge in [-0.25, -0.2) is 17.8 Å². The van der Waals surface area contributed by atoms with Crippen molar-refractivity contribution in [3.05, 3.63) is 47.8 Å². The Hall–Kier alpha value is -2.22. The standard InChI is InChI=1S/C12H11F2N3O2S/c1-7-4-9(13)10(15)5-11(7)20(18,19)17-8-2-3-12(14)16-6-8/h2-6,17H,15H2,1H3. The van der Waals surface area contributed by atoms with Crippen molar-refractivity contribution in [3.8, 4) is 0 Å². The van der Waals surface area contributed by atoms with E-state index in [2.05, 4.69) is 9.71 Å². The van der Waals surface area contributed by atoms with Gasteiger partial charge in [0.15, 0.2) is 0 Å². The smallest absolute Gasteiger partial charge is 0.262 e. The van der Waals surface area contributed by atoms with Crippen LogP contribution in [0.2, 0.25) is 0 Å². The summed E-state index contributed by atoms with van der Waals surface area (Å²) in [6.07, 6.45) is 1.04. The molecule has 0 atom stereocenters. The number of aryl methyl sites for hydroxylation is 1. The van der Waals surface area contributed by atoms with Crippen molar-refractivity contribution in [2.45, 2.75) is 11.8 Å². The first-order chi connectivity index (χ1) is 9.29. The summed E-state index contributed by atoms with van der Waals surface area (Å²) in [5.41, 5.74) is 5.40. The number of nitrogen functional groups attached to an aromatic ring is 1. The minimum absolute atomic E-state index is 0.0914. The molecule has 0 aliphatic carbocycles. The lowest BCUT2D eigenvalue weighted by Crippen LogP contribution is -2.15. The van der Waals surface area contributed by atoms with E-state index in [-0.39, 0.29) is 21.8 Å². The number of rotatable bonds is 3. The number of nitrogens with one attached hydrogen (secondary N) is 1. The van der Waals surface area contributed by atoms with Crippen molar-refractivity contribution >= 4 is 21.4 Å². The predicted octanol–water partition coefficient (Wildman–Crippen LogP) is 2.05. The molecule has 106 valence electrons. The summed E-state index contributed by atoms with van der Waals surface area (Å²) in [6, 6.07) is 4.31. The van der Waals surface area contributed by atoms with Crippen molar-refractivity contribution in [2.75, 3.05) is 10.5 Å². The lowest BCUT2D eigenvalue weighted by molar-refractivity contribution is 0.583. The Morgan fingerprint density at radius 3 is 2.55 bits per heavy atom. The van der Waals surface area contributed by atoms with Crippen LogP contribution >= 0.6 is 0 Å². The van der Waals surface area contributed by atoms with E-state index in [9.17, 15) is 17.2 Å². The minimum Gasteiger partial charge on any atom is -0.396 e. The average Bonchev–Trinajstić information content (AvgIpc) is 2.36. The topological polar surface area (TPSA) is 85.1 Å². The van der Waals surface area contributed by atoms with Crippen LogP contribution in [0.25, 0.3) is 0 Å². The van der Waals surface area contributed by atoms with Gasteiger partial charge in [-0.15, -0.1) is 0 Å². The molecule has 0 radical (unpaired) electrons. The fourth-order valence-electron chi connectivity index (χ4n) is 1.60. The fraction of sp³-hybridized carbons (Fsp3) is 0.0833. The van der Waals surface area contributed by atoms with Crippen LogP contribution in [0.1, 0.15) is 5.56 Å². The van der Waals surface area contributed by atoms with Gasteiger partial charge in [0.05, 0.1) is 22.5 Å². The maximum absolute atomic E-state index is 13.2. The van der Waals surface area contributed by atoms with E-state index >= 15 is 0 Å². The van der Waals surface area contributed by atoms with Gasteiger partial charge in [-0.2, -0.15) is 4.39 Å². The van der Waals surface area contributed by atoms with Crippen LogP contribution in [0.15, 0.2) is 35.4 Å². The van der Waals surface area contributed by atoms with Gasteiger partial charge in [-0.05, 0) is 36.8 Å². The number of benzene rings is 1. The monoisotopic (exact) mass is 299 g/mol. The van der Waals surface area contributed by atoms with Gasteiger partial charge < -0.3 is 5.73 Å². The lowest BCUT2D eigenvalue weighted by Gasteiger charge is -2.11. The van der Waals surface area contributed by atoms with Gasteiger partial charge in [0.25, 0.3) is 10.0 Å². The van der Waals surface area contributed by atoms with E-state index in [1.807, 2.05) is 0 Å². The third kappa shape index (κ3) is 2.85. The summed E-state index contributed by atoms with van der Waals surface area (Å²) < 4.78 is 52.4. The van der Waals surface area contributed by atoms with Crippen molar-refractivity contribution in [2.24, 2.45) is 0 Å². The summed E-state index contributed by atoms with van der Waals surface area (Å²) >= 11 is 0. The maximum atomic E-state index is 13.2. The number of nitrogens with zero attached hydrogens (tertiary/aromatic N) is 1. The minimum atomic E-state index is -3.96. The van der Waals surface area contributed by atoms with Crippen LogP contribution in [-0.4, -0.2) is 13.4 Å². The molecule has 0 amide bonds. The van der Waals surface area contributed by atoms with E-state index < -0.39 is 21.8 Å². The van der Waals surface area contributed by atoms with E-state index in [1.165, 1.54) is 13.0 Å². The van der Waals surface area contributed by atoms with Crippen LogP contribution in [-0.2, 0) is 10.0 Å². The molecule has 0 bridgehead atoms. The molecule has 0 saturated carbocycles. The number of hydrogen-bond donors (Lipinski definition) is 2. The summed E-state index contributed by atoms with van der Waals surface area (Å²) in [4.78, 5) is 3.18. The van der Waals surface area contributed by atoms with Crippen LogP contribution in [0.3, 0.4) is 0 Å². The Morgan fingerprint density at radius 1 is 1.25 bits per heavy atom. The largest absolute Gasteiger partial charge is 0.396 e. The fourth-order valence-corrected chi connectivity index (χ4v) is 2.91. The zero-order valence-corrected chi connectivity index (χ0v) is 11.2. The first kappa shape index (κ1) is 14.2. The second kappa shape index (κ2) is 5.04. The highest BCUT2D eigenvalue weighted by molar-refractivity contribution is 7.92. The third-order valence-corrected chi connectivity index (χ3v) is 4.09. The molecule has 0 spiro atoms. The number of hydrogen-bond acceptors (Lipinski definition) is 4. The summed E-state index contributed by atoms with van der Waals surface area (Å²) in [6.45, 7) is 1.44. The molecule has 1 heterocycles. The zero-order chi connectivity index (χ0) is 14.9. The second-order valence-corrected chi connectivity index (χ2v) is 5.77. The molecule has 0 aliphatic heterocycles. The van der Waals surface area contributed by atoms with Crippen LogP contribution in [0, 0.1) is 18.7 Å². The Labute approximate surface area is 114 Å². The van der Waals surface area contributed by atoms with Crippen LogP contribution in [0.5, 0.6) is 0 Å². The number of halogens is 2. The van der Waals surface area contributed by atoms with Crippen molar-refractivity contribution < 1.29 is 17.2 Å². The Kier molecular flexibility index (Phi) is 3.58. The van der Waals surface area contributed by atoms with Crippen LogP contribution < -0.4 is 10.5 Å². The lowest BCUT2D eigenvalue weighted by atomic mass is 10.2. The molecule has 0 unspecified atom stereocenters. The number of anilines is 2. The highest BCUT2D eigenvalue weighted by Crippen LogP contribution is 2.23. The van der Waals surface area contributed by atoms with E-state index in [1.54, 1.807) is 0 Å². The molecule has 1 aromatic carbocycles. The van der Waals surface area contributed by atoms with Gasteiger partial charge >= 0.3 is 0 Å². The molecule has 3 N–H and O–H groups in total. The number of sulfonamides is 1. The van der Waals surface area contributed by atoms with E-state index in [0.717, 1.165) is 24.4 Å². The van der Waals surface area contributed by atoms with Gasteiger partial charge in [-0.1, -0.05) is 0 Å². The maximum Gasteiger partial charge on any atom is 0.262 e. The Bertz CT molecular complexity index is 746. The predicted molar refractivity (Wildman–Crippen MR) is 70.6 cm³/mol. The summed E-state index contributed by atoms with van der Waals surface area (Å²) in [5, 5.41) is 0.